The number of carboxylic acid groups (broad SMARTS) is 1. The van der Waals surface area contributed by atoms with Crippen LogP contribution < -0.4 is 0 Å². The number of hydrogen-bond acceptors (Lipinski definition) is 3. The predicted octanol–water partition coefficient (Wildman–Crippen LogP) is 2.83. The number of aromatic carboxylic acids is 1. The molecule has 0 bridgehead atoms. The number of H-pyrrole nitrogens is 1. The average Bonchev–Trinajstić information content (AvgIpc) is 2.93. The number of fused-ring (bicyclic) bond motifs is 1. The number of rotatable bonds is 2. The summed E-state index contributed by atoms with van der Waals surface area (Å²) < 4.78 is 5.01. The summed E-state index contributed by atoms with van der Waals surface area (Å²) in [6.45, 7) is 2.00. The van der Waals surface area contributed by atoms with E-state index in [0.717, 1.165) is 16.5 Å². The Bertz CT molecular complexity index is 740. The zero-order valence-electron chi connectivity index (χ0n) is 9.60. The molecule has 0 spiro atoms. The molecule has 0 aliphatic rings. The van der Waals surface area contributed by atoms with Crippen LogP contribution in [0.2, 0.25) is 0 Å². The second-order valence-corrected chi connectivity index (χ2v) is 4.15. The quantitative estimate of drug-likeness (QED) is 0.724. The van der Waals surface area contributed by atoms with E-state index in [1.807, 2.05) is 31.2 Å². The fraction of sp³-hybridized carbons (Fsp3) is 0.0769. The van der Waals surface area contributed by atoms with Crippen LogP contribution in [0.15, 0.2) is 35.0 Å². The van der Waals surface area contributed by atoms with Crippen molar-refractivity contribution < 1.29 is 14.4 Å². The van der Waals surface area contributed by atoms with Gasteiger partial charge in [0.2, 0.25) is 0 Å². The lowest BCUT2D eigenvalue weighted by molar-refractivity contribution is 0.0697. The van der Waals surface area contributed by atoms with Crippen molar-refractivity contribution in [3.05, 3.63) is 41.6 Å². The highest BCUT2D eigenvalue weighted by atomic mass is 16.5. The predicted molar refractivity (Wildman–Crippen MR) is 65.5 cm³/mol. The van der Waals surface area contributed by atoms with Gasteiger partial charge in [-0.3, -0.25) is 0 Å². The van der Waals surface area contributed by atoms with Gasteiger partial charge in [0.05, 0.1) is 11.9 Å². The van der Waals surface area contributed by atoms with Crippen LogP contribution in [0.4, 0.5) is 0 Å². The first-order valence-corrected chi connectivity index (χ1v) is 5.43. The molecule has 90 valence electrons. The third kappa shape index (κ3) is 1.57. The number of aromatic nitrogens is 2. The molecule has 3 aromatic rings. The van der Waals surface area contributed by atoms with Gasteiger partial charge in [-0.2, -0.15) is 0 Å². The van der Waals surface area contributed by atoms with Crippen LogP contribution in [0.5, 0.6) is 0 Å². The van der Waals surface area contributed by atoms with Gasteiger partial charge in [0, 0.05) is 10.9 Å². The number of aryl methyl sites for hydroxylation is 1. The highest BCUT2D eigenvalue weighted by molar-refractivity contribution is 5.95. The van der Waals surface area contributed by atoms with E-state index in [2.05, 4.69) is 10.1 Å². The van der Waals surface area contributed by atoms with Crippen molar-refractivity contribution in [2.24, 2.45) is 0 Å². The van der Waals surface area contributed by atoms with Crippen LogP contribution in [-0.2, 0) is 0 Å². The topological polar surface area (TPSA) is 79.1 Å². The molecule has 1 aromatic carbocycles. The minimum absolute atomic E-state index is 0.0540. The monoisotopic (exact) mass is 242 g/mol. The van der Waals surface area contributed by atoms with E-state index in [0.29, 0.717) is 5.69 Å². The Balaban J connectivity index is 2.19. The average molecular weight is 242 g/mol. The molecule has 0 fully saturated rings. The standard InChI is InChI=1S/C13H10N2O3/c1-7-2-3-10-8(4-7)5-11(15-10)12-9(13(16)17)6-14-18-12/h2-6,15H,1H3,(H,16,17). The number of nitrogens with one attached hydrogen (secondary N) is 1. The molecular formula is C13H10N2O3. The lowest BCUT2D eigenvalue weighted by Crippen LogP contribution is -1.95. The number of nitrogens with zero attached hydrogens (tertiary/aromatic N) is 1. The summed E-state index contributed by atoms with van der Waals surface area (Å²) in [6, 6.07) is 7.81. The van der Waals surface area contributed by atoms with Gasteiger partial charge in [0.1, 0.15) is 5.56 Å². The maximum Gasteiger partial charge on any atom is 0.341 e. The van der Waals surface area contributed by atoms with Gasteiger partial charge >= 0.3 is 5.97 Å². The lowest BCUT2D eigenvalue weighted by atomic mass is 10.1. The molecule has 2 heterocycles. The van der Waals surface area contributed by atoms with Crippen molar-refractivity contribution in [3.63, 3.8) is 0 Å². The smallest absolute Gasteiger partial charge is 0.341 e. The zero-order chi connectivity index (χ0) is 12.7. The summed E-state index contributed by atoms with van der Waals surface area (Å²) in [6.07, 6.45) is 1.20. The van der Waals surface area contributed by atoms with Gasteiger partial charge in [-0.25, -0.2) is 4.79 Å². The zero-order valence-corrected chi connectivity index (χ0v) is 9.60. The minimum Gasteiger partial charge on any atom is -0.477 e. The van der Waals surface area contributed by atoms with Gasteiger partial charge in [-0.15, -0.1) is 0 Å². The molecule has 18 heavy (non-hydrogen) atoms. The first-order valence-electron chi connectivity index (χ1n) is 5.43. The van der Waals surface area contributed by atoms with Gasteiger partial charge in [0.25, 0.3) is 0 Å². The van der Waals surface area contributed by atoms with E-state index in [9.17, 15) is 4.79 Å². The van der Waals surface area contributed by atoms with Crippen molar-refractivity contribution in [3.8, 4) is 11.5 Å². The Hall–Kier alpha value is -2.56. The first-order chi connectivity index (χ1) is 8.65. The molecule has 0 atom stereocenters. The van der Waals surface area contributed by atoms with E-state index in [-0.39, 0.29) is 11.3 Å². The van der Waals surface area contributed by atoms with Gasteiger partial charge in [-0.05, 0) is 25.1 Å². The summed E-state index contributed by atoms with van der Waals surface area (Å²) in [5.41, 5.74) is 2.75. The lowest BCUT2D eigenvalue weighted by Gasteiger charge is -1.92. The number of benzene rings is 1. The number of hydrogen-bond donors (Lipinski definition) is 2. The molecule has 0 unspecified atom stereocenters. The summed E-state index contributed by atoms with van der Waals surface area (Å²) in [5.74, 6) is -0.808. The van der Waals surface area contributed by atoms with E-state index >= 15 is 0 Å². The Morgan fingerprint density at radius 3 is 3.00 bits per heavy atom. The summed E-state index contributed by atoms with van der Waals surface area (Å²) in [7, 11) is 0. The third-order valence-corrected chi connectivity index (χ3v) is 2.82. The van der Waals surface area contributed by atoms with E-state index in [1.54, 1.807) is 0 Å². The van der Waals surface area contributed by atoms with Crippen molar-refractivity contribution in [1.82, 2.24) is 10.1 Å². The second-order valence-electron chi connectivity index (χ2n) is 4.15. The fourth-order valence-corrected chi connectivity index (χ4v) is 1.96. The fourth-order valence-electron chi connectivity index (χ4n) is 1.96. The van der Waals surface area contributed by atoms with Crippen molar-refractivity contribution in [1.29, 1.82) is 0 Å². The number of carboxylic acids is 1. The largest absolute Gasteiger partial charge is 0.477 e. The minimum atomic E-state index is -1.05. The second kappa shape index (κ2) is 3.73. The molecule has 0 saturated carbocycles. The third-order valence-electron chi connectivity index (χ3n) is 2.82. The van der Waals surface area contributed by atoms with Crippen molar-refractivity contribution in [2.75, 3.05) is 0 Å². The molecule has 0 saturated heterocycles. The SMILES string of the molecule is Cc1ccc2[nH]c(-c3oncc3C(=O)O)cc2c1. The molecule has 5 heteroatoms. The van der Waals surface area contributed by atoms with Crippen LogP contribution >= 0.6 is 0 Å². The molecular weight excluding hydrogens is 232 g/mol. The Kier molecular flexibility index (Phi) is 2.19. The van der Waals surface area contributed by atoms with Crippen LogP contribution in [-0.4, -0.2) is 21.2 Å². The molecule has 0 aliphatic heterocycles. The summed E-state index contributed by atoms with van der Waals surface area (Å²) in [5, 5.41) is 13.6. The Morgan fingerprint density at radius 2 is 2.22 bits per heavy atom. The summed E-state index contributed by atoms with van der Waals surface area (Å²) in [4.78, 5) is 14.1. The van der Waals surface area contributed by atoms with Crippen molar-refractivity contribution >= 4 is 16.9 Å². The molecule has 2 aromatic heterocycles. The molecule has 3 rings (SSSR count). The Labute approximate surface area is 102 Å². The van der Waals surface area contributed by atoms with E-state index in [1.165, 1.54) is 6.20 Å². The van der Waals surface area contributed by atoms with Gasteiger partial charge in [0.15, 0.2) is 5.76 Å². The number of carbonyl (C=O) groups is 1. The normalized spacial score (nSPS) is 10.9. The molecule has 5 nitrogen and oxygen atoms in total. The summed E-state index contributed by atoms with van der Waals surface area (Å²) >= 11 is 0. The molecule has 2 N–H and O–H groups in total. The molecule has 0 amide bonds. The van der Waals surface area contributed by atoms with Crippen LogP contribution in [0.1, 0.15) is 15.9 Å². The highest BCUT2D eigenvalue weighted by Crippen LogP contribution is 2.27. The van der Waals surface area contributed by atoms with Gasteiger partial charge in [-0.1, -0.05) is 16.8 Å². The van der Waals surface area contributed by atoms with Gasteiger partial charge < -0.3 is 14.6 Å². The highest BCUT2D eigenvalue weighted by Gasteiger charge is 2.18. The maximum atomic E-state index is 11.0. The van der Waals surface area contributed by atoms with E-state index < -0.39 is 5.97 Å². The van der Waals surface area contributed by atoms with Crippen LogP contribution in [0.3, 0.4) is 0 Å². The Morgan fingerprint density at radius 1 is 1.39 bits per heavy atom. The first kappa shape index (κ1) is 10.6. The molecule has 0 aliphatic carbocycles. The maximum absolute atomic E-state index is 11.0. The molecule has 0 radical (unpaired) electrons. The number of aromatic amines is 1. The van der Waals surface area contributed by atoms with Crippen LogP contribution in [0, 0.1) is 6.92 Å². The van der Waals surface area contributed by atoms with Crippen molar-refractivity contribution in [2.45, 2.75) is 6.92 Å². The van der Waals surface area contributed by atoms with Crippen LogP contribution in [0.25, 0.3) is 22.4 Å². The van der Waals surface area contributed by atoms with E-state index in [4.69, 9.17) is 9.63 Å².